The minimum atomic E-state index is -0.221. The van der Waals surface area contributed by atoms with E-state index in [1.807, 2.05) is 36.7 Å². The van der Waals surface area contributed by atoms with Crippen LogP contribution in [0.3, 0.4) is 0 Å². The number of hydrogen-bond acceptors (Lipinski definition) is 3. The van der Waals surface area contributed by atoms with Crippen molar-refractivity contribution in [1.29, 1.82) is 0 Å². The second kappa shape index (κ2) is 6.11. The zero-order valence-corrected chi connectivity index (χ0v) is 12.3. The summed E-state index contributed by atoms with van der Waals surface area (Å²) in [6.07, 6.45) is 3.55. The van der Waals surface area contributed by atoms with E-state index in [4.69, 9.17) is 4.74 Å². The molecule has 0 aliphatic carbocycles. The zero-order valence-electron chi connectivity index (χ0n) is 12.3. The van der Waals surface area contributed by atoms with Crippen molar-refractivity contribution in [3.05, 3.63) is 24.0 Å². The number of methoxy groups -OCH3 is 1. The van der Waals surface area contributed by atoms with Gasteiger partial charge in [-0.1, -0.05) is 0 Å². The number of ether oxygens (including phenoxy) is 1. The number of esters is 1. The largest absolute Gasteiger partial charge is 0.469 e. The minimum Gasteiger partial charge on any atom is -0.469 e. The molecule has 5 nitrogen and oxygen atoms in total. The van der Waals surface area contributed by atoms with Gasteiger partial charge in [-0.3, -0.25) is 9.59 Å². The smallest absolute Gasteiger partial charge is 0.310 e. The van der Waals surface area contributed by atoms with Crippen LogP contribution in [0.15, 0.2) is 18.3 Å². The van der Waals surface area contributed by atoms with Crippen LogP contribution in [-0.2, 0) is 9.53 Å². The number of carbonyl (C=O) groups is 2. The van der Waals surface area contributed by atoms with Crippen LogP contribution in [0.25, 0.3) is 0 Å². The van der Waals surface area contributed by atoms with Crippen LogP contribution in [0, 0.1) is 5.92 Å². The maximum atomic E-state index is 12.6. The molecule has 1 amide bonds. The quantitative estimate of drug-likeness (QED) is 0.796. The summed E-state index contributed by atoms with van der Waals surface area (Å²) >= 11 is 0. The molecule has 1 atom stereocenters. The highest BCUT2D eigenvalue weighted by Crippen LogP contribution is 2.21. The van der Waals surface area contributed by atoms with E-state index < -0.39 is 0 Å². The SMILES string of the molecule is COC(=O)[C@H]1CCCN(C(=O)c2cccn2C(C)C)C1. The highest BCUT2D eigenvalue weighted by atomic mass is 16.5. The van der Waals surface area contributed by atoms with Crippen molar-refractivity contribution in [1.82, 2.24) is 9.47 Å². The third kappa shape index (κ3) is 2.86. The van der Waals surface area contributed by atoms with Gasteiger partial charge >= 0.3 is 5.97 Å². The number of hydrogen-bond donors (Lipinski definition) is 0. The Bertz CT molecular complexity index is 493. The lowest BCUT2D eigenvalue weighted by molar-refractivity contribution is -0.146. The van der Waals surface area contributed by atoms with Gasteiger partial charge in [-0.2, -0.15) is 0 Å². The fourth-order valence-corrected chi connectivity index (χ4v) is 2.71. The molecule has 0 aromatic carbocycles. The number of piperidine rings is 1. The Morgan fingerprint density at radius 3 is 2.80 bits per heavy atom. The van der Waals surface area contributed by atoms with Crippen LogP contribution in [0.2, 0.25) is 0 Å². The molecule has 0 N–H and O–H groups in total. The minimum absolute atomic E-state index is 0.00250. The normalized spacial score (nSPS) is 19.2. The molecular formula is C15H22N2O3. The van der Waals surface area contributed by atoms with E-state index in [0.717, 1.165) is 12.8 Å². The van der Waals surface area contributed by atoms with Gasteiger partial charge < -0.3 is 14.2 Å². The van der Waals surface area contributed by atoms with Crippen molar-refractivity contribution >= 4 is 11.9 Å². The molecule has 0 unspecified atom stereocenters. The fourth-order valence-electron chi connectivity index (χ4n) is 2.71. The fraction of sp³-hybridized carbons (Fsp3) is 0.600. The van der Waals surface area contributed by atoms with Crippen molar-refractivity contribution < 1.29 is 14.3 Å². The summed E-state index contributed by atoms with van der Waals surface area (Å²) in [4.78, 5) is 26.0. The van der Waals surface area contributed by atoms with Crippen LogP contribution in [0.5, 0.6) is 0 Å². The summed E-state index contributed by atoms with van der Waals surface area (Å²) in [6.45, 7) is 5.25. The Labute approximate surface area is 119 Å². The van der Waals surface area contributed by atoms with E-state index >= 15 is 0 Å². The highest BCUT2D eigenvalue weighted by Gasteiger charge is 2.30. The van der Waals surface area contributed by atoms with Gasteiger partial charge in [0.15, 0.2) is 0 Å². The number of rotatable bonds is 3. The van der Waals surface area contributed by atoms with Gasteiger partial charge in [0, 0.05) is 25.3 Å². The molecule has 20 heavy (non-hydrogen) atoms. The molecule has 110 valence electrons. The molecule has 2 heterocycles. The summed E-state index contributed by atoms with van der Waals surface area (Å²) in [6, 6.07) is 3.96. The maximum absolute atomic E-state index is 12.6. The van der Waals surface area contributed by atoms with Crippen molar-refractivity contribution in [3.8, 4) is 0 Å². The monoisotopic (exact) mass is 278 g/mol. The van der Waals surface area contributed by atoms with E-state index in [-0.39, 0.29) is 23.8 Å². The van der Waals surface area contributed by atoms with Crippen molar-refractivity contribution in [2.24, 2.45) is 5.92 Å². The molecule has 1 aromatic rings. The second-order valence-electron chi connectivity index (χ2n) is 5.51. The first-order valence-electron chi connectivity index (χ1n) is 7.08. The molecule has 5 heteroatoms. The second-order valence-corrected chi connectivity index (χ2v) is 5.51. The lowest BCUT2D eigenvalue weighted by atomic mass is 9.98. The summed E-state index contributed by atoms with van der Waals surface area (Å²) in [5.41, 5.74) is 0.686. The van der Waals surface area contributed by atoms with Gasteiger partial charge in [-0.25, -0.2) is 0 Å². The number of amides is 1. The first kappa shape index (κ1) is 14.6. The summed E-state index contributed by atoms with van der Waals surface area (Å²) < 4.78 is 6.75. The van der Waals surface area contributed by atoms with Crippen LogP contribution >= 0.6 is 0 Å². The molecule has 1 aromatic heterocycles. The Morgan fingerprint density at radius 1 is 1.40 bits per heavy atom. The van der Waals surface area contributed by atoms with E-state index in [9.17, 15) is 9.59 Å². The van der Waals surface area contributed by atoms with Gasteiger partial charge in [-0.05, 0) is 38.8 Å². The highest BCUT2D eigenvalue weighted by molar-refractivity contribution is 5.93. The van der Waals surface area contributed by atoms with E-state index in [1.165, 1.54) is 7.11 Å². The number of nitrogens with zero attached hydrogens (tertiary/aromatic N) is 2. The van der Waals surface area contributed by atoms with Crippen molar-refractivity contribution in [2.75, 3.05) is 20.2 Å². The van der Waals surface area contributed by atoms with Gasteiger partial charge in [0.25, 0.3) is 5.91 Å². The lowest BCUT2D eigenvalue weighted by Gasteiger charge is -2.31. The molecule has 1 aliphatic heterocycles. The van der Waals surface area contributed by atoms with Crippen LogP contribution < -0.4 is 0 Å². The maximum Gasteiger partial charge on any atom is 0.310 e. The predicted octanol–water partition coefficient (Wildman–Crippen LogP) is 2.09. The molecule has 2 rings (SSSR count). The molecule has 1 fully saturated rings. The van der Waals surface area contributed by atoms with Crippen molar-refractivity contribution in [2.45, 2.75) is 32.7 Å². The Hall–Kier alpha value is -1.78. The summed E-state index contributed by atoms with van der Waals surface area (Å²) in [5.74, 6) is -0.417. The molecule has 1 saturated heterocycles. The van der Waals surface area contributed by atoms with Gasteiger partial charge in [0.2, 0.25) is 0 Å². The first-order valence-corrected chi connectivity index (χ1v) is 7.08. The van der Waals surface area contributed by atoms with E-state index in [1.54, 1.807) is 4.90 Å². The Morgan fingerprint density at radius 2 is 2.15 bits per heavy atom. The van der Waals surface area contributed by atoms with Crippen LogP contribution in [0.4, 0.5) is 0 Å². The van der Waals surface area contributed by atoms with Gasteiger partial charge in [0.05, 0.1) is 13.0 Å². The standard InChI is InChI=1S/C15H22N2O3/c1-11(2)17-9-5-7-13(17)14(18)16-8-4-6-12(10-16)15(19)20-3/h5,7,9,11-12H,4,6,8,10H2,1-3H3/t12-/m0/s1. The lowest BCUT2D eigenvalue weighted by Crippen LogP contribution is -2.43. The van der Waals surface area contributed by atoms with E-state index in [0.29, 0.717) is 18.8 Å². The van der Waals surface area contributed by atoms with E-state index in [2.05, 4.69) is 0 Å². The third-order valence-corrected chi connectivity index (χ3v) is 3.80. The summed E-state index contributed by atoms with van der Waals surface area (Å²) in [5, 5.41) is 0. The molecule has 0 spiro atoms. The van der Waals surface area contributed by atoms with Crippen molar-refractivity contribution in [3.63, 3.8) is 0 Å². The van der Waals surface area contributed by atoms with Crippen LogP contribution in [0.1, 0.15) is 43.2 Å². The van der Waals surface area contributed by atoms with Gasteiger partial charge in [0.1, 0.15) is 5.69 Å². The Balaban J connectivity index is 2.12. The molecule has 0 bridgehead atoms. The number of likely N-dealkylation sites (tertiary alicyclic amines) is 1. The average molecular weight is 278 g/mol. The number of carbonyl (C=O) groups excluding carboxylic acids is 2. The third-order valence-electron chi connectivity index (χ3n) is 3.80. The van der Waals surface area contributed by atoms with Crippen LogP contribution in [-0.4, -0.2) is 41.5 Å². The molecule has 1 aliphatic rings. The summed E-state index contributed by atoms with van der Waals surface area (Å²) in [7, 11) is 1.40. The average Bonchev–Trinajstić information content (AvgIpc) is 2.95. The molecule has 0 saturated carbocycles. The Kier molecular flexibility index (Phi) is 4.47. The topological polar surface area (TPSA) is 51.5 Å². The molecular weight excluding hydrogens is 256 g/mol. The van der Waals surface area contributed by atoms with Gasteiger partial charge in [-0.15, -0.1) is 0 Å². The first-order chi connectivity index (χ1) is 9.54. The zero-order chi connectivity index (χ0) is 14.7. The predicted molar refractivity (Wildman–Crippen MR) is 75.5 cm³/mol. The molecule has 0 radical (unpaired) electrons. The number of aromatic nitrogens is 1.